The minimum absolute atomic E-state index is 0.0128. The summed E-state index contributed by atoms with van der Waals surface area (Å²) in [5, 5.41) is 23.0. The van der Waals surface area contributed by atoms with Crippen molar-refractivity contribution in [2.45, 2.75) is 0 Å². The third-order valence-corrected chi connectivity index (χ3v) is 14.4. The Morgan fingerprint density at radius 3 is 1.57 bits per heavy atom. The summed E-state index contributed by atoms with van der Waals surface area (Å²) in [6, 6.07) is 50.1. The topological polar surface area (TPSA) is 52.5 Å². The Kier molecular flexibility index (Phi) is 5.95. The molecule has 274 valence electrons. The van der Waals surface area contributed by atoms with Crippen molar-refractivity contribution in [3.05, 3.63) is 260 Å². The van der Waals surface area contributed by atoms with E-state index in [4.69, 9.17) is 0 Å². The van der Waals surface area contributed by atoms with Crippen LogP contribution in [-0.2, 0) is 0 Å². The van der Waals surface area contributed by atoms with Crippen LogP contribution in [0.1, 0.15) is 27.8 Å². The van der Waals surface area contributed by atoms with E-state index in [1.54, 1.807) is 6.07 Å². The number of nitriles is 2. The second-order valence-electron chi connectivity index (χ2n) is 16.9. The van der Waals surface area contributed by atoms with Crippen molar-refractivity contribution in [3.63, 3.8) is 0 Å². The van der Waals surface area contributed by atoms with E-state index in [0.717, 1.165) is 11.1 Å². The van der Waals surface area contributed by atoms with E-state index in [0.29, 0.717) is 11.1 Å². The molecular weight excluding hydrogens is 727 g/mol. The minimum atomic E-state index is -0.460. The maximum Gasteiger partial charge on any atom is 0.0992 e. The molecule has 0 saturated heterocycles. The van der Waals surface area contributed by atoms with Gasteiger partial charge in [0.1, 0.15) is 0 Å². The molecule has 0 fully saturated rings. The highest BCUT2D eigenvalue weighted by Crippen LogP contribution is 2.78. The van der Waals surface area contributed by atoms with Gasteiger partial charge in [0, 0.05) is 33.6 Å². The first-order valence-electron chi connectivity index (χ1n) is 20.7. The summed E-state index contributed by atoms with van der Waals surface area (Å²) < 4.78 is 2.56. The van der Waals surface area contributed by atoms with Gasteiger partial charge >= 0.3 is 0 Å². The average Bonchev–Trinajstić information content (AvgIpc) is 4.16. The average molecular weight is 758 g/mol. The van der Waals surface area contributed by atoms with Gasteiger partial charge in [0.25, 0.3) is 0 Å². The maximum atomic E-state index is 10.3. The molecule has 8 aliphatic carbocycles. The quantitative estimate of drug-likeness (QED) is 0.180. The van der Waals surface area contributed by atoms with E-state index in [9.17, 15) is 10.5 Å². The third-order valence-electron chi connectivity index (χ3n) is 14.4. The summed E-state index contributed by atoms with van der Waals surface area (Å²) in [6.45, 7) is 0. The molecule has 8 aliphatic rings. The molecule has 5 aromatic carbocycles. The number of hydrogen-bond donors (Lipinski definition) is 0. The van der Waals surface area contributed by atoms with Gasteiger partial charge in [-0.1, -0.05) is 146 Å². The molecule has 1 heterocycles. The molecule has 14 rings (SSSR count). The number of fused-ring (bicyclic) bond motifs is 3. The fourth-order valence-corrected chi connectivity index (χ4v) is 12.6. The van der Waals surface area contributed by atoms with E-state index in [1.165, 1.54) is 106 Å². The van der Waals surface area contributed by atoms with Gasteiger partial charge in [-0.15, -0.1) is 0 Å². The second-order valence-corrected chi connectivity index (χ2v) is 16.9. The van der Waals surface area contributed by atoms with Crippen LogP contribution in [0.3, 0.4) is 0 Å². The lowest BCUT2D eigenvalue weighted by Gasteiger charge is -2.59. The second kappa shape index (κ2) is 11.1. The van der Waals surface area contributed by atoms with Crippen LogP contribution in [0.2, 0.25) is 0 Å². The van der Waals surface area contributed by atoms with Crippen molar-refractivity contribution in [2.24, 2.45) is 17.3 Å². The predicted molar refractivity (Wildman–Crippen MR) is 239 cm³/mol. The molecule has 0 amide bonds. The molecule has 0 N–H and O–H groups in total. The summed E-state index contributed by atoms with van der Waals surface area (Å²) in [5.74, 6) is -0.00739. The summed E-state index contributed by atoms with van der Waals surface area (Å²) in [5.41, 5.74) is 24.4. The van der Waals surface area contributed by atoms with Crippen molar-refractivity contribution in [3.8, 4) is 12.1 Å². The number of allylic oxidation sites excluding steroid dienone is 22. The van der Waals surface area contributed by atoms with Crippen LogP contribution in [0.15, 0.2) is 232 Å². The number of benzene rings is 5. The Morgan fingerprint density at radius 2 is 0.950 bits per heavy atom. The van der Waals surface area contributed by atoms with E-state index in [1.807, 2.05) is 12.1 Å². The van der Waals surface area contributed by atoms with E-state index in [2.05, 4.69) is 175 Å². The molecule has 1 spiro atoms. The van der Waals surface area contributed by atoms with Crippen molar-refractivity contribution in [1.82, 2.24) is 4.57 Å². The van der Waals surface area contributed by atoms with E-state index < -0.39 is 5.41 Å². The summed E-state index contributed by atoms with van der Waals surface area (Å²) >= 11 is 0. The van der Waals surface area contributed by atoms with E-state index >= 15 is 0 Å². The Bertz CT molecular complexity index is 3500. The molecule has 3 heteroatoms. The summed E-state index contributed by atoms with van der Waals surface area (Å²) in [4.78, 5) is 0. The number of hydrogen-bond acceptors (Lipinski definition) is 2. The lowest BCUT2D eigenvalue weighted by atomic mass is 9.42. The molecule has 1 aromatic heterocycles. The Morgan fingerprint density at radius 1 is 0.450 bits per heavy atom. The van der Waals surface area contributed by atoms with Crippen molar-refractivity contribution >= 4 is 44.2 Å². The molecule has 0 saturated carbocycles. The fourth-order valence-electron chi connectivity index (χ4n) is 12.6. The Labute approximate surface area is 346 Å². The number of nitrogens with zero attached hydrogens (tertiary/aromatic N) is 3. The molecule has 3 atom stereocenters. The van der Waals surface area contributed by atoms with Crippen LogP contribution >= 0.6 is 0 Å². The Hall–Kier alpha value is -7.98. The highest BCUT2D eigenvalue weighted by molar-refractivity contribution is 6.14. The molecule has 0 radical (unpaired) electrons. The number of para-hydroxylation sites is 2. The fraction of sp³-hybridized carbons (Fsp3) is 0.0526. The van der Waals surface area contributed by atoms with Gasteiger partial charge in [-0.05, 0) is 114 Å². The number of aromatic nitrogens is 1. The minimum Gasteiger partial charge on any atom is -0.308 e. The van der Waals surface area contributed by atoms with Crippen LogP contribution in [0, 0.1) is 39.9 Å². The third kappa shape index (κ3) is 3.63. The molecule has 3 nitrogen and oxygen atoms in total. The zero-order chi connectivity index (χ0) is 39.4. The molecule has 3 unspecified atom stereocenters. The zero-order valence-electron chi connectivity index (χ0n) is 32.2. The lowest BCUT2D eigenvalue weighted by Crippen LogP contribution is -2.51. The van der Waals surface area contributed by atoms with Gasteiger partial charge in [0.05, 0.1) is 40.0 Å². The van der Waals surface area contributed by atoms with Crippen molar-refractivity contribution in [2.75, 3.05) is 0 Å². The van der Waals surface area contributed by atoms with E-state index in [-0.39, 0.29) is 11.8 Å². The van der Waals surface area contributed by atoms with Gasteiger partial charge in [0.2, 0.25) is 0 Å². The lowest BCUT2D eigenvalue weighted by molar-refractivity contribution is 0.274. The van der Waals surface area contributed by atoms with Crippen molar-refractivity contribution in [1.29, 1.82) is 10.5 Å². The van der Waals surface area contributed by atoms with Gasteiger partial charge in [-0.2, -0.15) is 10.5 Å². The van der Waals surface area contributed by atoms with Crippen LogP contribution < -0.4 is 0 Å². The van der Waals surface area contributed by atoms with Gasteiger partial charge in [-0.3, -0.25) is 0 Å². The summed E-state index contributed by atoms with van der Waals surface area (Å²) in [6.07, 6.45) is 19.2. The molecule has 0 bridgehead atoms. The van der Waals surface area contributed by atoms with Gasteiger partial charge in [-0.25, -0.2) is 0 Å². The largest absolute Gasteiger partial charge is 0.308 e. The Balaban J connectivity index is 1.18. The van der Waals surface area contributed by atoms with Crippen LogP contribution in [0.4, 0.5) is 0 Å². The molecule has 6 aromatic rings. The molecule has 0 aliphatic heterocycles. The first-order chi connectivity index (χ1) is 29.7. The summed E-state index contributed by atoms with van der Waals surface area (Å²) in [7, 11) is 0. The van der Waals surface area contributed by atoms with Gasteiger partial charge < -0.3 is 4.57 Å². The number of rotatable bonds is 4. The maximum absolute atomic E-state index is 10.3. The smallest absolute Gasteiger partial charge is 0.0992 e. The highest BCUT2D eigenvalue weighted by atomic mass is 15.0. The predicted octanol–water partition coefficient (Wildman–Crippen LogP) is 12.6. The SMILES string of the molecule is N#Cc1cc(C#N)cc(C2=C3C=CC4=C(c5ccccc5)C5=C6C(=C(n7c8ccccc8c8ccccc87)C7=CC=C8C(c9ccccc9)=C9C=CC2=C9C6(C87)C34)C=C5)c1. The normalized spacial score (nSPS) is 23.3. The molecular formula is C57H31N3. The first kappa shape index (κ1) is 32.0. The van der Waals surface area contributed by atoms with Crippen LogP contribution in [0.25, 0.3) is 44.2 Å². The highest BCUT2D eigenvalue weighted by Gasteiger charge is 2.68. The van der Waals surface area contributed by atoms with Crippen LogP contribution in [0.5, 0.6) is 0 Å². The standard InChI is InChI=1S/C57H31N3/c58-30-32-27-33(31-59)29-36(28-32)51-43-21-19-39-49(34-11-3-1-4-12-34)41-23-25-45-54(41)57(52(39)43)53-40(20-22-44(51)53)50(35-13-5-2-6-14-35)42-24-26-46(55(42)57)56(45)60-47-17-9-7-15-37(47)38-16-8-10-18-48(38)60/h1-29,52,55H. The first-order valence-corrected chi connectivity index (χ1v) is 20.7. The molecule has 60 heavy (non-hydrogen) atoms. The van der Waals surface area contributed by atoms with Crippen LogP contribution in [-0.4, -0.2) is 4.57 Å². The monoisotopic (exact) mass is 757 g/mol. The van der Waals surface area contributed by atoms with Crippen molar-refractivity contribution < 1.29 is 0 Å². The zero-order valence-corrected chi connectivity index (χ0v) is 32.2. The van der Waals surface area contributed by atoms with Gasteiger partial charge in [0.15, 0.2) is 0 Å².